The van der Waals surface area contributed by atoms with Crippen molar-refractivity contribution in [1.29, 1.82) is 0 Å². The van der Waals surface area contributed by atoms with Gasteiger partial charge < -0.3 is 11.1 Å². The van der Waals surface area contributed by atoms with Crippen molar-refractivity contribution in [2.45, 2.75) is 6.92 Å². The molecule has 0 saturated heterocycles. The first-order valence-corrected chi connectivity index (χ1v) is 7.19. The summed E-state index contributed by atoms with van der Waals surface area (Å²) in [5.41, 5.74) is 8.15. The van der Waals surface area contributed by atoms with E-state index in [1.807, 2.05) is 42.5 Å². The van der Waals surface area contributed by atoms with Crippen molar-refractivity contribution in [3.8, 4) is 0 Å². The molecule has 5 heteroatoms. The molecule has 5 nitrogen and oxygen atoms in total. The number of rotatable bonds is 3. The second-order valence-electron chi connectivity index (χ2n) is 5.19. The van der Waals surface area contributed by atoms with E-state index in [9.17, 15) is 4.79 Å². The van der Waals surface area contributed by atoms with E-state index in [-0.39, 0.29) is 5.91 Å². The number of carbonyl (C=O) groups excluding carboxylic acids is 1. The van der Waals surface area contributed by atoms with Gasteiger partial charge in [0, 0.05) is 12.6 Å². The van der Waals surface area contributed by atoms with Crippen molar-refractivity contribution in [2.75, 3.05) is 11.1 Å². The normalized spacial score (nSPS) is 11.0. The number of amides is 1. The lowest BCUT2D eigenvalue weighted by Crippen LogP contribution is -2.06. The second-order valence-corrected chi connectivity index (χ2v) is 5.19. The van der Waals surface area contributed by atoms with Crippen molar-refractivity contribution in [1.82, 2.24) is 0 Å². The monoisotopic (exact) mass is 304 g/mol. The molecule has 0 heterocycles. The molecule has 0 unspecified atom stereocenters. The van der Waals surface area contributed by atoms with Crippen LogP contribution in [-0.2, 0) is 4.79 Å². The Bertz CT molecular complexity index is 902. The van der Waals surface area contributed by atoms with E-state index in [0.29, 0.717) is 17.1 Å². The first kappa shape index (κ1) is 14.7. The molecular weight excluding hydrogens is 288 g/mol. The van der Waals surface area contributed by atoms with Gasteiger partial charge in [0.15, 0.2) is 0 Å². The first-order chi connectivity index (χ1) is 11.1. The lowest BCUT2D eigenvalue weighted by Gasteiger charge is -2.06. The highest BCUT2D eigenvalue weighted by atomic mass is 16.1. The number of fused-ring (bicyclic) bond motifs is 1. The number of nitrogens with zero attached hydrogens (tertiary/aromatic N) is 2. The van der Waals surface area contributed by atoms with Gasteiger partial charge in [-0.25, -0.2) is 0 Å². The van der Waals surface area contributed by atoms with Gasteiger partial charge in [-0.05, 0) is 41.1 Å². The fraction of sp³-hybridized carbons (Fsp3) is 0.0556. The van der Waals surface area contributed by atoms with Crippen LogP contribution in [0.4, 0.5) is 22.7 Å². The Morgan fingerprint density at radius 3 is 2.52 bits per heavy atom. The van der Waals surface area contributed by atoms with Crippen LogP contribution in [0.2, 0.25) is 0 Å². The van der Waals surface area contributed by atoms with Gasteiger partial charge in [0.05, 0.1) is 11.4 Å². The van der Waals surface area contributed by atoms with Crippen LogP contribution in [-0.4, -0.2) is 5.91 Å². The van der Waals surface area contributed by atoms with E-state index < -0.39 is 0 Å². The predicted molar refractivity (Wildman–Crippen MR) is 93.3 cm³/mol. The van der Waals surface area contributed by atoms with E-state index >= 15 is 0 Å². The highest BCUT2D eigenvalue weighted by Crippen LogP contribution is 2.30. The Kier molecular flexibility index (Phi) is 4.01. The van der Waals surface area contributed by atoms with Gasteiger partial charge in [-0.15, -0.1) is 5.11 Å². The zero-order valence-corrected chi connectivity index (χ0v) is 12.7. The Morgan fingerprint density at radius 2 is 1.74 bits per heavy atom. The summed E-state index contributed by atoms with van der Waals surface area (Å²) in [6, 6.07) is 19.0. The number of hydrogen-bond donors (Lipinski definition) is 2. The molecule has 0 fully saturated rings. The van der Waals surface area contributed by atoms with Gasteiger partial charge in [0.2, 0.25) is 5.91 Å². The van der Waals surface area contributed by atoms with E-state index in [1.165, 1.54) is 6.92 Å². The van der Waals surface area contributed by atoms with Crippen molar-refractivity contribution >= 4 is 39.4 Å². The average Bonchev–Trinajstić information content (AvgIpc) is 2.53. The number of benzene rings is 3. The molecule has 0 saturated carbocycles. The minimum absolute atomic E-state index is 0.183. The fourth-order valence-corrected chi connectivity index (χ4v) is 2.28. The van der Waals surface area contributed by atoms with Gasteiger partial charge in [-0.3, -0.25) is 4.79 Å². The fourth-order valence-electron chi connectivity index (χ4n) is 2.28. The van der Waals surface area contributed by atoms with Crippen molar-refractivity contribution in [3.05, 3.63) is 60.7 Å². The van der Waals surface area contributed by atoms with Gasteiger partial charge in [-0.2, -0.15) is 5.11 Å². The Labute approximate surface area is 133 Å². The zero-order valence-electron chi connectivity index (χ0n) is 12.7. The number of azo groups is 1. The maximum atomic E-state index is 11.3. The topological polar surface area (TPSA) is 79.8 Å². The summed E-state index contributed by atoms with van der Waals surface area (Å²) in [7, 11) is 0. The number of carbonyl (C=O) groups is 1. The lowest BCUT2D eigenvalue weighted by molar-refractivity contribution is -0.114. The SMILES string of the molecule is CC(=O)Nc1cc(N)ccc1N=Nc1ccc2ccccc2c1. The van der Waals surface area contributed by atoms with Crippen LogP contribution in [0.1, 0.15) is 6.92 Å². The number of nitrogens with one attached hydrogen (secondary N) is 1. The molecule has 0 aliphatic carbocycles. The van der Waals surface area contributed by atoms with Gasteiger partial charge in [0.1, 0.15) is 5.69 Å². The van der Waals surface area contributed by atoms with Crippen LogP contribution in [0.15, 0.2) is 70.9 Å². The highest BCUT2D eigenvalue weighted by Gasteiger charge is 2.04. The van der Waals surface area contributed by atoms with Crippen molar-refractivity contribution in [3.63, 3.8) is 0 Å². The molecule has 0 atom stereocenters. The standard InChI is InChI=1S/C18H16N4O/c1-12(23)20-18-11-15(19)7-9-17(18)22-21-16-8-6-13-4-2-3-5-14(13)10-16/h2-11H,19H2,1H3,(H,20,23). The van der Waals surface area contributed by atoms with E-state index in [0.717, 1.165) is 16.5 Å². The summed E-state index contributed by atoms with van der Waals surface area (Å²) in [5, 5.41) is 13.4. The summed E-state index contributed by atoms with van der Waals surface area (Å²) in [5.74, 6) is -0.183. The minimum atomic E-state index is -0.183. The van der Waals surface area contributed by atoms with Crippen LogP contribution in [0.5, 0.6) is 0 Å². The smallest absolute Gasteiger partial charge is 0.221 e. The third kappa shape index (κ3) is 3.52. The van der Waals surface area contributed by atoms with Gasteiger partial charge in [0.25, 0.3) is 0 Å². The largest absolute Gasteiger partial charge is 0.399 e. The van der Waals surface area contributed by atoms with E-state index in [1.54, 1.807) is 18.2 Å². The molecule has 114 valence electrons. The molecule has 3 aromatic carbocycles. The highest BCUT2D eigenvalue weighted by molar-refractivity contribution is 5.92. The summed E-state index contributed by atoms with van der Waals surface area (Å²) >= 11 is 0. The van der Waals surface area contributed by atoms with Crippen LogP contribution < -0.4 is 11.1 Å². The quantitative estimate of drug-likeness (QED) is 0.538. The summed E-state index contributed by atoms with van der Waals surface area (Å²) in [6.07, 6.45) is 0. The first-order valence-electron chi connectivity index (χ1n) is 7.19. The summed E-state index contributed by atoms with van der Waals surface area (Å²) in [6.45, 7) is 1.44. The van der Waals surface area contributed by atoms with Gasteiger partial charge >= 0.3 is 0 Å². The molecule has 1 amide bonds. The molecule has 3 aromatic rings. The predicted octanol–water partition coefficient (Wildman–Crippen LogP) is 4.80. The van der Waals surface area contributed by atoms with Crippen LogP contribution in [0, 0.1) is 0 Å². The molecule has 0 bridgehead atoms. The Hall–Kier alpha value is -3.21. The maximum Gasteiger partial charge on any atom is 0.221 e. The van der Waals surface area contributed by atoms with Crippen molar-refractivity contribution in [2.24, 2.45) is 10.2 Å². The number of nitrogen functional groups attached to an aromatic ring is 1. The third-order valence-electron chi connectivity index (χ3n) is 3.34. The molecule has 0 aliphatic rings. The zero-order chi connectivity index (χ0) is 16.2. The molecule has 3 rings (SSSR count). The molecule has 0 aromatic heterocycles. The number of hydrogen-bond acceptors (Lipinski definition) is 4. The van der Waals surface area contributed by atoms with Crippen molar-refractivity contribution < 1.29 is 4.79 Å². The summed E-state index contributed by atoms with van der Waals surface area (Å²) < 4.78 is 0. The second kappa shape index (κ2) is 6.27. The molecule has 0 radical (unpaired) electrons. The van der Waals surface area contributed by atoms with E-state index in [4.69, 9.17) is 5.73 Å². The average molecular weight is 304 g/mol. The summed E-state index contributed by atoms with van der Waals surface area (Å²) in [4.78, 5) is 11.3. The lowest BCUT2D eigenvalue weighted by atomic mass is 10.1. The number of anilines is 2. The number of nitrogens with two attached hydrogens (primary N) is 1. The van der Waals surface area contributed by atoms with Crippen LogP contribution >= 0.6 is 0 Å². The Balaban J connectivity index is 1.93. The van der Waals surface area contributed by atoms with Crippen LogP contribution in [0.3, 0.4) is 0 Å². The molecule has 0 aliphatic heterocycles. The molecule has 23 heavy (non-hydrogen) atoms. The van der Waals surface area contributed by atoms with Gasteiger partial charge in [-0.1, -0.05) is 30.3 Å². The molecular formula is C18H16N4O. The minimum Gasteiger partial charge on any atom is -0.399 e. The maximum absolute atomic E-state index is 11.3. The third-order valence-corrected chi connectivity index (χ3v) is 3.34. The molecule has 0 spiro atoms. The molecule has 3 N–H and O–H groups in total. The van der Waals surface area contributed by atoms with E-state index in [2.05, 4.69) is 15.5 Å². The Morgan fingerprint density at radius 1 is 0.957 bits per heavy atom. The van der Waals surface area contributed by atoms with Crippen LogP contribution in [0.25, 0.3) is 10.8 Å².